The second-order valence-electron chi connectivity index (χ2n) is 5.41. The van der Waals surface area contributed by atoms with Crippen LogP contribution in [-0.2, 0) is 9.59 Å². The molecule has 2 aromatic carbocycles. The number of ketones is 1. The molecule has 0 aliphatic heterocycles. The van der Waals surface area contributed by atoms with Crippen molar-refractivity contribution < 1.29 is 24.7 Å². The number of Topliss-reactive ketones (excluding diaryl/α,β-unsaturated/α-hetero) is 1. The molecule has 0 saturated heterocycles. The summed E-state index contributed by atoms with van der Waals surface area (Å²) >= 11 is 0. The van der Waals surface area contributed by atoms with Gasteiger partial charge in [0.1, 0.15) is 6.04 Å². The van der Waals surface area contributed by atoms with Crippen molar-refractivity contribution in [2.45, 2.75) is 19.1 Å². The number of aliphatic hydroxyl groups is 1. The van der Waals surface area contributed by atoms with Crippen molar-refractivity contribution in [1.29, 1.82) is 0 Å². The summed E-state index contributed by atoms with van der Waals surface area (Å²) in [5, 5.41) is 20.7. The van der Waals surface area contributed by atoms with Gasteiger partial charge in [-0.2, -0.15) is 0 Å². The van der Waals surface area contributed by atoms with Gasteiger partial charge in [0.15, 0.2) is 11.9 Å². The largest absolute Gasteiger partial charge is 0.381 e. The molecule has 0 aliphatic carbocycles. The number of benzene rings is 2. The number of amides is 2. The van der Waals surface area contributed by atoms with Gasteiger partial charge in [-0.15, -0.1) is 0 Å². The van der Waals surface area contributed by atoms with Gasteiger partial charge in [-0.05, 0) is 11.1 Å². The molecule has 2 unspecified atom stereocenters. The van der Waals surface area contributed by atoms with E-state index in [1.54, 1.807) is 24.3 Å². The van der Waals surface area contributed by atoms with Gasteiger partial charge in [0.25, 0.3) is 5.91 Å². The fourth-order valence-corrected chi connectivity index (χ4v) is 2.36. The smallest absolute Gasteiger partial charge is 0.274 e. The Morgan fingerprint density at radius 1 is 0.920 bits per heavy atom. The molecule has 2 atom stereocenters. The highest BCUT2D eigenvalue weighted by Crippen LogP contribution is 2.20. The first-order valence-corrected chi connectivity index (χ1v) is 7.53. The first-order valence-electron chi connectivity index (χ1n) is 7.53. The van der Waals surface area contributed by atoms with E-state index < -0.39 is 29.7 Å². The molecule has 25 heavy (non-hydrogen) atoms. The maximum Gasteiger partial charge on any atom is 0.274 e. The second-order valence-corrected chi connectivity index (χ2v) is 5.41. The molecule has 0 heterocycles. The van der Waals surface area contributed by atoms with E-state index in [2.05, 4.69) is 5.32 Å². The number of aliphatic hydroxyl groups excluding tert-OH is 1. The predicted octanol–water partition coefficient (Wildman–Crippen LogP) is 0.907. The highest BCUT2D eigenvalue weighted by Gasteiger charge is 2.33. The minimum atomic E-state index is -1.92. The van der Waals surface area contributed by atoms with Gasteiger partial charge >= 0.3 is 0 Å². The monoisotopic (exact) mass is 342 g/mol. The van der Waals surface area contributed by atoms with Crippen LogP contribution in [0.5, 0.6) is 0 Å². The van der Waals surface area contributed by atoms with Crippen LogP contribution >= 0.6 is 0 Å². The zero-order valence-corrected chi connectivity index (χ0v) is 13.5. The minimum Gasteiger partial charge on any atom is -0.381 e. The van der Waals surface area contributed by atoms with Gasteiger partial charge in [0.2, 0.25) is 5.91 Å². The van der Waals surface area contributed by atoms with Crippen molar-refractivity contribution in [3.63, 3.8) is 0 Å². The summed E-state index contributed by atoms with van der Waals surface area (Å²) in [6, 6.07) is 14.6. The second kappa shape index (κ2) is 8.18. The van der Waals surface area contributed by atoms with Crippen LogP contribution in [0.3, 0.4) is 0 Å². The van der Waals surface area contributed by atoms with Crippen LogP contribution in [0, 0.1) is 0 Å². The van der Waals surface area contributed by atoms with E-state index in [-0.39, 0.29) is 5.56 Å². The fraction of sp³-hybridized carbons (Fsp3) is 0.167. The van der Waals surface area contributed by atoms with Crippen LogP contribution < -0.4 is 10.8 Å². The molecule has 130 valence electrons. The van der Waals surface area contributed by atoms with Gasteiger partial charge in [-0.3, -0.25) is 19.6 Å². The third-order valence-electron chi connectivity index (χ3n) is 3.61. The van der Waals surface area contributed by atoms with Crippen LogP contribution in [0.1, 0.15) is 17.3 Å². The van der Waals surface area contributed by atoms with Crippen LogP contribution in [-0.4, -0.2) is 40.1 Å². The molecular formula is C18H18N2O5. The van der Waals surface area contributed by atoms with Crippen molar-refractivity contribution in [1.82, 2.24) is 10.8 Å². The molecule has 2 rings (SSSR count). The van der Waals surface area contributed by atoms with Gasteiger partial charge in [-0.1, -0.05) is 54.6 Å². The Bertz CT molecular complexity index is 759. The van der Waals surface area contributed by atoms with E-state index in [9.17, 15) is 19.5 Å². The van der Waals surface area contributed by atoms with Crippen LogP contribution in [0.25, 0.3) is 11.1 Å². The lowest BCUT2D eigenvalue weighted by Crippen LogP contribution is -2.53. The number of hydrogen-bond acceptors (Lipinski definition) is 5. The normalized spacial score (nSPS) is 12.8. The molecular weight excluding hydrogens is 324 g/mol. The van der Waals surface area contributed by atoms with E-state index >= 15 is 0 Å². The average molecular weight is 342 g/mol. The Balaban J connectivity index is 2.26. The van der Waals surface area contributed by atoms with E-state index in [4.69, 9.17) is 5.21 Å². The van der Waals surface area contributed by atoms with Gasteiger partial charge in [-0.25, -0.2) is 5.48 Å². The van der Waals surface area contributed by atoms with Crippen molar-refractivity contribution in [2.24, 2.45) is 0 Å². The van der Waals surface area contributed by atoms with Gasteiger partial charge < -0.3 is 10.4 Å². The molecule has 2 amide bonds. The molecule has 0 saturated carbocycles. The molecule has 0 bridgehead atoms. The van der Waals surface area contributed by atoms with Crippen LogP contribution in [0.4, 0.5) is 0 Å². The maximum absolute atomic E-state index is 12.6. The first-order chi connectivity index (χ1) is 11.9. The van der Waals surface area contributed by atoms with Gasteiger partial charge in [0.05, 0.1) is 0 Å². The topological polar surface area (TPSA) is 116 Å². The number of carbonyl (C=O) groups excluding carboxylic acids is 3. The molecule has 0 spiro atoms. The summed E-state index contributed by atoms with van der Waals surface area (Å²) in [7, 11) is 0. The van der Waals surface area contributed by atoms with E-state index in [1.807, 2.05) is 30.3 Å². The third kappa shape index (κ3) is 4.50. The number of nitrogens with one attached hydrogen (secondary N) is 2. The van der Waals surface area contributed by atoms with E-state index in [0.29, 0.717) is 0 Å². The average Bonchev–Trinajstić information content (AvgIpc) is 2.65. The summed E-state index contributed by atoms with van der Waals surface area (Å²) in [6.07, 6.45) is -1.92. The summed E-state index contributed by atoms with van der Waals surface area (Å²) in [6.45, 7) is 1.16. The van der Waals surface area contributed by atoms with Crippen LogP contribution in [0.2, 0.25) is 0 Å². The molecule has 7 nitrogen and oxygen atoms in total. The Hall–Kier alpha value is -3.03. The minimum absolute atomic E-state index is 0.211. The molecule has 2 aromatic rings. The zero-order chi connectivity index (χ0) is 18.4. The van der Waals surface area contributed by atoms with Gasteiger partial charge in [0, 0.05) is 12.5 Å². The SMILES string of the molecule is CC(=O)NC(C(=O)c1ccc(-c2ccccc2)cc1)C(O)C(=O)NO. The summed E-state index contributed by atoms with van der Waals surface area (Å²) in [5.74, 6) is -2.43. The van der Waals surface area contributed by atoms with Crippen molar-refractivity contribution >= 4 is 17.6 Å². The number of carbonyl (C=O) groups is 3. The molecule has 0 aliphatic rings. The Morgan fingerprint density at radius 3 is 2.00 bits per heavy atom. The Morgan fingerprint density at radius 2 is 1.48 bits per heavy atom. The summed E-state index contributed by atoms with van der Waals surface area (Å²) in [4.78, 5) is 35.2. The predicted molar refractivity (Wildman–Crippen MR) is 89.7 cm³/mol. The molecule has 0 radical (unpaired) electrons. The maximum atomic E-state index is 12.6. The lowest BCUT2D eigenvalue weighted by molar-refractivity contribution is -0.139. The highest BCUT2D eigenvalue weighted by molar-refractivity contribution is 6.05. The highest BCUT2D eigenvalue weighted by atomic mass is 16.5. The van der Waals surface area contributed by atoms with E-state index in [0.717, 1.165) is 18.1 Å². The fourth-order valence-electron chi connectivity index (χ4n) is 2.36. The molecule has 4 N–H and O–H groups in total. The third-order valence-corrected chi connectivity index (χ3v) is 3.61. The quantitative estimate of drug-likeness (QED) is 0.354. The standard InChI is InChI=1S/C18H18N2O5/c1-11(21)19-15(17(23)18(24)20-25)16(22)14-9-7-13(8-10-14)12-5-3-2-4-6-12/h2-10,15,17,23,25H,1H3,(H,19,21)(H,20,24). The van der Waals surface area contributed by atoms with E-state index in [1.165, 1.54) is 5.48 Å². The summed E-state index contributed by atoms with van der Waals surface area (Å²) < 4.78 is 0. The van der Waals surface area contributed by atoms with Crippen molar-refractivity contribution in [3.8, 4) is 11.1 Å². The number of rotatable bonds is 6. The Kier molecular flexibility index (Phi) is 5.99. The van der Waals surface area contributed by atoms with Crippen LogP contribution in [0.15, 0.2) is 54.6 Å². The number of hydroxylamine groups is 1. The molecule has 0 fully saturated rings. The summed E-state index contributed by atoms with van der Waals surface area (Å²) in [5.41, 5.74) is 3.34. The van der Waals surface area contributed by atoms with Crippen molar-refractivity contribution in [3.05, 3.63) is 60.2 Å². The lowest BCUT2D eigenvalue weighted by atomic mass is 9.96. The van der Waals surface area contributed by atoms with Crippen molar-refractivity contribution in [2.75, 3.05) is 0 Å². The Labute approximate surface area is 144 Å². The first kappa shape index (κ1) is 18.3. The zero-order valence-electron chi connectivity index (χ0n) is 13.5. The molecule has 7 heteroatoms. The number of hydrogen-bond donors (Lipinski definition) is 4. The molecule has 0 aromatic heterocycles. The lowest BCUT2D eigenvalue weighted by Gasteiger charge is -2.21.